The fraction of sp³-hybridized carbons (Fsp3) is 0.783. The number of carbonyl (C=O) groups is 3. The maximum absolute atomic E-state index is 11.9. The van der Waals surface area contributed by atoms with Gasteiger partial charge in [-0.1, -0.05) is 0 Å². The van der Waals surface area contributed by atoms with E-state index in [2.05, 4.69) is 20.9 Å². The van der Waals surface area contributed by atoms with Crippen LogP contribution in [0.15, 0.2) is 9.67 Å². The summed E-state index contributed by atoms with van der Waals surface area (Å²) in [5.41, 5.74) is -0.858. The van der Waals surface area contributed by atoms with Gasteiger partial charge in [0.1, 0.15) is 11.4 Å². The maximum Gasteiger partial charge on any atom is 0.410 e. The first-order chi connectivity index (χ1) is 14.0. The van der Waals surface area contributed by atoms with Gasteiger partial charge in [-0.25, -0.2) is 4.79 Å². The monoisotopic (exact) mass is 546 g/mol. The number of ketones is 1. The van der Waals surface area contributed by atoms with E-state index in [4.69, 9.17) is 9.47 Å². The van der Waals surface area contributed by atoms with E-state index in [-0.39, 0.29) is 18.0 Å². The van der Waals surface area contributed by atoms with Crippen LogP contribution in [0, 0.1) is 0 Å². The smallest absolute Gasteiger partial charge is 0.410 e. The molecule has 0 unspecified atom stereocenters. The van der Waals surface area contributed by atoms with Gasteiger partial charge in [0.05, 0.1) is 0 Å². The minimum absolute atomic E-state index is 0.183. The number of piperidine rings is 1. The van der Waals surface area contributed by atoms with Gasteiger partial charge in [0, 0.05) is 25.9 Å². The fourth-order valence-electron chi connectivity index (χ4n) is 3.11. The van der Waals surface area contributed by atoms with Gasteiger partial charge >= 0.3 is 115 Å². The molecule has 31 heavy (non-hydrogen) atoms. The van der Waals surface area contributed by atoms with E-state index in [9.17, 15) is 14.4 Å². The SMILES string of the molecule is CC(C)(C)OC(=O)N1CC=[C]([Sn]([CH3])([CH3])[CH3])CC1.CC(C)(C)OC(=O)N1CCC(=O)CC1. The van der Waals surface area contributed by atoms with Crippen molar-refractivity contribution in [3.63, 3.8) is 0 Å². The molecule has 1 fully saturated rings. The van der Waals surface area contributed by atoms with Crippen molar-refractivity contribution in [2.24, 2.45) is 0 Å². The molecule has 0 aromatic carbocycles. The molecule has 0 atom stereocenters. The molecule has 0 bridgehead atoms. The molecule has 1 saturated heterocycles. The summed E-state index contributed by atoms with van der Waals surface area (Å²) in [4.78, 5) is 45.0. The summed E-state index contributed by atoms with van der Waals surface area (Å²) < 4.78 is 12.2. The van der Waals surface area contributed by atoms with Crippen molar-refractivity contribution in [3.8, 4) is 0 Å². The molecule has 0 saturated carbocycles. The van der Waals surface area contributed by atoms with E-state index in [1.165, 1.54) is 0 Å². The van der Waals surface area contributed by atoms with Crippen LogP contribution in [0.25, 0.3) is 0 Å². The standard InChI is InChI=1S/C10H17NO3.C10H16NO2.3CH3.Sn/c1-10(2,3)14-9(13)11-6-4-8(12)5-7-11;1-10(2,3)13-9(12)11-7-5-4-6-8-11;;;;/h4-7H2,1-3H3;5H,6-8H2,1-3H3;3*1H3;. The zero-order valence-electron chi connectivity index (χ0n) is 21.0. The van der Waals surface area contributed by atoms with Gasteiger partial charge in [-0.05, 0) is 20.8 Å². The third-order valence-corrected chi connectivity index (χ3v) is 11.6. The molecular weight excluding hydrogens is 503 g/mol. The van der Waals surface area contributed by atoms with Gasteiger partial charge in [-0.3, -0.25) is 4.79 Å². The largest absolute Gasteiger partial charge is 0.444 e. The Balaban J connectivity index is 0.000000316. The van der Waals surface area contributed by atoms with E-state index < -0.39 is 29.6 Å². The second-order valence-corrected chi connectivity index (χ2v) is 25.8. The molecule has 2 rings (SSSR count). The Morgan fingerprint density at radius 3 is 1.58 bits per heavy atom. The Labute approximate surface area is 192 Å². The third kappa shape index (κ3) is 11.3. The summed E-state index contributed by atoms with van der Waals surface area (Å²) in [7, 11) is 0. The number of Topliss-reactive ketones (excluding diaryl/α,β-unsaturated/α-hetero) is 1. The van der Waals surface area contributed by atoms with Crippen molar-refractivity contribution in [2.75, 3.05) is 26.2 Å². The number of hydrogen-bond acceptors (Lipinski definition) is 5. The molecule has 7 nitrogen and oxygen atoms in total. The van der Waals surface area contributed by atoms with Gasteiger partial charge in [-0.15, -0.1) is 0 Å². The first-order valence-corrected chi connectivity index (χ1v) is 21.1. The Hall–Kier alpha value is -1.25. The molecule has 0 aliphatic carbocycles. The van der Waals surface area contributed by atoms with E-state index in [1.54, 1.807) is 13.4 Å². The summed E-state index contributed by atoms with van der Waals surface area (Å²) in [5.74, 6) is 0.227. The second kappa shape index (κ2) is 11.1. The van der Waals surface area contributed by atoms with E-state index in [0.717, 1.165) is 19.5 Å². The number of nitrogens with zero attached hydrogens (tertiary/aromatic N) is 2. The zero-order valence-corrected chi connectivity index (χ0v) is 23.8. The number of amides is 2. The molecule has 2 aliphatic heterocycles. The van der Waals surface area contributed by atoms with Gasteiger partial charge in [0.25, 0.3) is 0 Å². The zero-order chi connectivity index (χ0) is 24.0. The number of ether oxygens (including phenoxy) is 2. The molecule has 2 heterocycles. The van der Waals surface area contributed by atoms with Crippen molar-refractivity contribution in [3.05, 3.63) is 9.67 Å². The van der Waals surface area contributed by atoms with Gasteiger partial charge < -0.3 is 9.64 Å². The van der Waals surface area contributed by atoms with Crippen LogP contribution in [-0.4, -0.2) is 83.5 Å². The molecule has 2 amide bonds. The average Bonchev–Trinajstić information content (AvgIpc) is 2.59. The van der Waals surface area contributed by atoms with E-state index in [0.29, 0.717) is 25.9 Å². The summed E-state index contributed by atoms with van der Waals surface area (Å²) in [6, 6.07) is 0. The summed E-state index contributed by atoms with van der Waals surface area (Å²) in [6.45, 7) is 13.7. The van der Waals surface area contributed by atoms with Crippen LogP contribution in [0.2, 0.25) is 14.8 Å². The van der Waals surface area contributed by atoms with Crippen LogP contribution in [0.1, 0.15) is 60.8 Å². The van der Waals surface area contributed by atoms with Crippen molar-refractivity contribution in [1.82, 2.24) is 9.80 Å². The number of likely N-dealkylation sites (tertiary alicyclic amines) is 1. The topological polar surface area (TPSA) is 76.2 Å². The minimum atomic E-state index is -1.90. The molecule has 0 aromatic rings. The Morgan fingerprint density at radius 2 is 1.23 bits per heavy atom. The van der Waals surface area contributed by atoms with Crippen LogP contribution < -0.4 is 0 Å². The van der Waals surface area contributed by atoms with Crippen LogP contribution in [-0.2, 0) is 14.3 Å². The molecular formula is C23H42N2O5Sn. The van der Waals surface area contributed by atoms with Gasteiger partial charge in [0.15, 0.2) is 0 Å². The van der Waals surface area contributed by atoms with Crippen LogP contribution in [0.5, 0.6) is 0 Å². The van der Waals surface area contributed by atoms with E-state index >= 15 is 0 Å². The predicted molar refractivity (Wildman–Crippen MR) is 126 cm³/mol. The molecule has 178 valence electrons. The number of rotatable bonds is 1. The number of hydrogen-bond donors (Lipinski definition) is 0. The maximum atomic E-state index is 11.9. The summed E-state index contributed by atoms with van der Waals surface area (Å²) in [5, 5.41) is 0. The summed E-state index contributed by atoms with van der Waals surface area (Å²) >= 11 is -1.90. The molecule has 0 aromatic heterocycles. The summed E-state index contributed by atoms with van der Waals surface area (Å²) in [6.07, 6.45) is 3.71. The molecule has 0 radical (unpaired) electrons. The predicted octanol–water partition coefficient (Wildman–Crippen LogP) is 5.02. The van der Waals surface area contributed by atoms with Crippen molar-refractivity contribution in [1.29, 1.82) is 0 Å². The first kappa shape index (κ1) is 27.8. The third-order valence-electron chi connectivity index (χ3n) is 4.80. The average molecular weight is 545 g/mol. The molecule has 2 aliphatic rings. The second-order valence-electron chi connectivity index (χ2n) is 11.2. The van der Waals surface area contributed by atoms with Crippen LogP contribution in [0.3, 0.4) is 0 Å². The number of carbonyl (C=O) groups excluding carboxylic acids is 3. The Bertz CT molecular complexity index is 674. The quantitative estimate of drug-likeness (QED) is 0.433. The first-order valence-electron chi connectivity index (χ1n) is 11.1. The van der Waals surface area contributed by atoms with Crippen molar-refractivity contribution in [2.45, 2.75) is 86.8 Å². The normalized spacial score (nSPS) is 18.0. The molecule has 8 heteroatoms. The van der Waals surface area contributed by atoms with Crippen molar-refractivity contribution < 1.29 is 23.9 Å². The van der Waals surface area contributed by atoms with Gasteiger partial charge in [-0.2, -0.15) is 0 Å². The Morgan fingerprint density at radius 1 is 0.806 bits per heavy atom. The minimum Gasteiger partial charge on any atom is -0.444 e. The van der Waals surface area contributed by atoms with Gasteiger partial charge in [0.2, 0.25) is 0 Å². The van der Waals surface area contributed by atoms with Crippen LogP contribution >= 0.6 is 0 Å². The molecule has 0 spiro atoms. The van der Waals surface area contributed by atoms with Crippen LogP contribution in [0.4, 0.5) is 9.59 Å². The molecule has 0 N–H and O–H groups in total. The van der Waals surface area contributed by atoms with E-state index in [1.807, 2.05) is 41.5 Å². The fourth-order valence-corrected chi connectivity index (χ4v) is 7.58. The Kier molecular flexibility index (Phi) is 9.91. The van der Waals surface area contributed by atoms with Crippen molar-refractivity contribution >= 4 is 36.3 Å².